The van der Waals surface area contributed by atoms with E-state index in [1.165, 1.54) is 11.3 Å². The Morgan fingerprint density at radius 3 is 2.71 bits per heavy atom. The zero-order chi connectivity index (χ0) is 14.7. The van der Waals surface area contributed by atoms with Crippen molar-refractivity contribution in [1.82, 2.24) is 9.97 Å². The highest BCUT2D eigenvalue weighted by molar-refractivity contribution is 9.10. The summed E-state index contributed by atoms with van der Waals surface area (Å²) in [5.41, 5.74) is 2.62. The summed E-state index contributed by atoms with van der Waals surface area (Å²) in [6.07, 6.45) is 1.72. The van der Waals surface area contributed by atoms with Gasteiger partial charge in [-0.25, -0.2) is 4.98 Å². The van der Waals surface area contributed by atoms with E-state index in [9.17, 15) is 5.11 Å². The van der Waals surface area contributed by atoms with Crippen LogP contribution >= 0.6 is 27.3 Å². The molecule has 1 aromatic carbocycles. The predicted molar refractivity (Wildman–Crippen MR) is 88.2 cm³/mol. The van der Waals surface area contributed by atoms with Crippen LogP contribution in [0.15, 0.2) is 58.5 Å². The molecule has 0 fully saturated rings. The van der Waals surface area contributed by atoms with E-state index in [1.54, 1.807) is 6.20 Å². The van der Waals surface area contributed by atoms with Crippen LogP contribution in [0.3, 0.4) is 0 Å². The molecule has 1 unspecified atom stereocenters. The maximum atomic E-state index is 10.2. The molecule has 1 N–H and O–H groups in total. The monoisotopic (exact) mass is 360 g/mol. The zero-order valence-electron chi connectivity index (χ0n) is 11.1. The van der Waals surface area contributed by atoms with E-state index in [2.05, 4.69) is 25.9 Å². The molecule has 0 amide bonds. The second-order valence-corrected chi connectivity index (χ2v) is 6.32. The summed E-state index contributed by atoms with van der Waals surface area (Å²) in [6.45, 7) is 0. The van der Waals surface area contributed by atoms with Gasteiger partial charge in [-0.15, -0.1) is 11.3 Å². The number of nitrogens with zero attached hydrogens (tertiary/aromatic N) is 2. The van der Waals surface area contributed by atoms with Crippen LogP contribution < -0.4 is 0 Å². The summed E-state index contributed by atoms with van der Waals surface area (Å²) >= 11 is 5.02. The Hall–Kier alpha value is -1.56. The molecular formula is C16H13BrN2OS. The molecule has 0 saturated carbocycles. The number of rotatable bonds is 4. The Bertz CT molecular complexity index is 730. The number of hydrogen-bond acceptors (Lipinski definition) is 4. The molecular weight excluding hydrogens is 348 g/mol. The molecule has 0 bridgehead atoms. The molecule has 5 heteroatoms. The van der Waals surface area contributed by atoms with Gasteiger partial charge in [0, 0.05) is 22.5 Å². The molecule has 3 rings (SSSR count). The molecule has 0 spiro atoms. The minimum absolute atomic E-state index is 0.505. The van der Waals surface area contributed by atoms with Gasteiger partial charge in [-0.05, 0) is 33.6 Å². The van der Waals surface area contributed by atoms with Gasteiger partial charge in [0.15, 0.2) is 0 Å². The Morgan fingerprint density at radius 2 is 1.95 bits per heavy atom. The van der Waals surface area contributed by atoms with Crippen molar-refractivity contribution >= 4 is 27.3 Å². The number of thiazole rings is 1. The van der Waals surface area contributed by atoms with Crippen molar-refractivity contribution in [2.75, 3.05) is 0 Å². The van der Waals surface area contributed by atoms with Crippen molar-refractivity contribution in [3.8, 4) is 10.7 Å². The van der Waals surface area contributed by atoms with Gasteiger partial charge in [0.1, 0.15) is 10.7 Å². The first-order valence-corrected chi connectivity index (χ1v) is 8.19. The number of hydrogen-bond donors (Lipinski definition) is 1. The minimum Gasteiger partial charge on any atom is -0.388 e. The van der Waals surface area contributed by atoms with Crippen LogP contribution in [0.5, 0.6) is 0 Å². The van der Waals surface area contributed by atoms with Crippen LogP contribution in [0.4, 0.5) is 0 Å². The third-order valence-electron chi connectivity index (χ3n) is 3.10. The molecule has 0 saturated heterocycles. The smallest absolute Gasteiger partial charge is 0.143 e. The number of halogens is 1. The molecule has 0 aliphatic heterocycles. The third kappa shape index (κ3) is 3.37. The van der Waals surface area contributed by atoms with Crippen LogP contribution in [0.2, 0.25) is 0 Å². The van der Waals surface area contributed by atoms with Crippen molar-refractivity contribution in [2.24, 2.45) is 0 Å². The summed E-state index contributed by atoms with van der Waals surface area (Å²) < 4.78 is 0.925. The van der Waals surface area contributed by atoms with E-state index in [4.69, 9.17) is 0 Å². The Morgan fingerprint density at radius 1 is 1.14 bits per heavy atom. The van der Waals surface area contributed by atoms with Crippen molar-refractivity contribution in [1.29, 1.82) is 0 Å². The van der Waals surface area contributed by atoms with Gasteiger partial charge in [0.25, 0.3) is 0 Å². The highest BCUT2D eigenvalue weighted by Crippen LogP contribution is 2.29. The third-order valence-corrected chi connectivity index (χ3v) is 4.64. The average Bonchev–Trinajstić information content (AvgIpc) is 2.97. The fourth-order valence-corrected chi connectivity index (χ4v) is 3.46. The fraction of sp³-hybridized carbons (Fsp3) is 0.125. The van der Waals surface area contributed by atoms with Crippen molar-refractivity contribution in [2.45, 2.75) is 12.5 Å². The molecule has 106 valence electrons. The summed E-state index contributed by atoms with van der Waals surface area (Å²) in [6, 6.07) is 13.5. The molecule has 3 aromatic rings. The fourth-order valence-electron chi connectivity index (χ4n) is 2.04. The lowest BCUT2D eigenvalue weighted by Gasteiger charge is -2.08. The average molecular weight is 361 g/mol. The molecule has 0 aliphatic carbocycles. The molecule has 1 atom stereocenters. The summed E-state index contributed by atoms with van der Waals surface area (Å²) in [4.78, 5) is 8.91. The van der Waals surface area contributed by atoms with Crippen molar-refractivity contribution < 1.29 is 5.11 Å². The van der Waals surface area contributed by atoms with Crippen LogP contribution in [-0.2, 0) is 6.42 Å². The number of benzene rings is 1. The Balaban J connectivity index is 1.78. The molecule has 0 radical (unpaired) electrons. The van der Waals surface area contributed by atoms with E-state index in [1.807, 2.05) is 47.8 Å². The van der Waals surface area contributed by atoms with E-state index >= 15 is 0 Å². The summed E-state index contributed by atoms with van der Waals surface area (Å²) in [7, 11) is 0. The van der Waals surface area contributed by atoms with E-state index in [0.717, 1.165) is 26.4 Å². The lowest BCUT2D eigenvalue weighted by Crippen LogP contribution is -2.01. The van der Waals surface area contributed by atoms with E-state index < -0.39 is 6.10 Å². The van der Waals surface area contributed by atoms with Crippen LogP contribution in [0.25, 0.3) is 10.7 Å². The first kappa shape index (κ1) is 14.4. The SMILES string of the molecule is OC(Cc1csc(-c2ncccc2Br)n1)c1ccccc1. The lowest BCUT2D eigenvalue weighted by molar-refractivity contribution is 0.177. The number of aromatic nitrogens is 2. The topological polar surface area (TPSA) is 46.0 Å². The van der Waals surface area contributed by atoms with E-state index in [0.29, 0.717) is 6.42 Å². The largest absolute Gasteiger partial charge is 0.388 e. The Labute approximate surface area is 135 Å². The maximum absolute atomic E-state index is 10.2. The predicted octanol–water partition coefficient (Wildman–Crippen LogP) is 4.24. The first-order valence-electron chi connectivity index (χ1n) is 6.52. The Kier molecular flexibility index (Phi) is 4.43. The summed E-state index contributed by atoms with van der Waals surface area (Å²) in [5.74, 6) is 0. The lowest BCUT2D eigenvalue weighted by atomic mass is 10.1. The maximum Gasteiger partial charge on any atom is 0.143 e. The van der Waals surface area contributed by atoms with Gasteiger partial charge < -0.3 is 5.11 Å². The van der Waals surface area contributed by atoms with Crippen molar-refractivity contribution in [3.63, 3.8) is 0 Å². The number of aliphatic hydroxyl groups excluding tert-OH is 1. The number of pyridine rings is 1. The van der Waals surface area contributed by atoms with Gasteiger partial charge >= 0.3 is 0 Å². The molecule has 3 nitrogen and oxygen atoms in total. The van der Waals surface area contributed by atoms with Gasteiger partial charge in [0.05, 0.1) is 11.8 Å². The molecule has 2 heterocycles. The van der Waals surface area contributed by atoms with Crippen molar-refractivity contribution in [3.05, 3.63) is 69.8 Å². The standard InChI is InChI=1S/C16H13BrN2OS/c17-13-7-4-8-18-15(13)16-19-12(10-21-16)9-14(20)11-5-2-1-3-6-11/h1-8,10,14,20H,9H2. The summed E-state index contributed by atoms with van der Waals surface area (Å²) in [5, 5.41) is 13.1. The van der Waals surface area contributed by atoms with Gasteiger partial charge in [0.2, 0.25) is 0 Å². The molecule has 0 aliphatic rings. The second kappa shape index (κ2) is 6.47. The van der Waals surface area contributed by atoms with Gasteiger partial charge in [-0.3, -0.25) is 4.98 Å². The van der Waals surface area contributed by atoms with Gasteiger partial charge in [-0.2, -0.15) is 0 Å². The molecule has 21 heavy (non-hydrogen) atoms. The van der Waals surface area contributed by atoms with Crippen LogP contribution in [-0.4, -0.2) is 15.1 Å². The highest BCUT2D eigenvalue weighted by Gasteiger charge is 2.13. The van der Waals surface area contributed by atoms with Crippen LogP contribution in [0, 0.1) is 0 Å². The molecule has 2 aromatic heterocycles. The normalized spacial score (nSPS) is 12.3. The van der Waals surface area contributed by atoms with Crippen LogP contribution in [0.1, 0.15) is 17.4 Å². The first-order chi connectivity index (χ1) is 10.2. The minimum atomic E-state index is -0.534. The zero-order valence-corrected chi connectivity index (χ0v) is 13.5. The van der Waals surface area contributed by atoms with E-state index in [-0.39, 0.29) is 0 Å². The quantitative estimate of drug-likeness (QED) is 0.756. The second-order valence-electron chi connectivity index (χ2n) is 4.61. The van der Waals surface area contributed by atoms with Gasteiger partial charge in [-0.1, -0.05) is 30.3 Å². The highest BCUT2D eigenvalue weighted by atomic mass is 79.9. The number of aliphatic hydroxyl groups is 1.